The largest absolute Gasteiger partial charge is 0.325 e. The summed E-state index contributed by atoms with van der Waals surface area (Å²) >= 11 is 5.83. The Balaban J connectivity index is 1.28. The molecule has 2 saturated carbocycles. The number of urea groups is 1. The fraction of sp³-hybridized carbons (Fsp3) is 0.875. The third kappa shape index (κ3) is 1.96. The summed E-state index contributed by atoms with van der Waals surface area (Å²) in [5.74, 6) is 1.67. The lowest BCUT2D eigenvalue weighted by Gasteiger charge is -2.44. The predicted octanol–water partition coefficient (Wildman–Crippen LogP) is 0.560. The van der Waals surface area contributed by atoms with Gasteiger partial charge in [-0.2, -0.15) is 0 Å². The van der Waals surface area contributed by atoms with Crippen LogP contribution in [0.5, 0.6) is 0 Å². The van der Waals surface area contributed by atoms with Crippen LogP contribution >= 0.6 is 12.2 Å². The van der Waals surface area contributed by atoms with Crippen LogP contribution < -0.4 is 0 Å². The minimum atomic E-state index is 0.128. The number of thiocarbonyl (C=S) groups is 1. The summed E-state index contributed by atoms with van der Waals surface area (Å²) < 4.78 is 0. The van der Waals surface area contributed by atoms with E-state index in [1.54, 1.807) is 0 Å². The molecular weight excluding hydrogens is 324 g/mol. The first-order valence-corrected chi connectivity index (χ1v) is 9.69. The van der Waals surface area contributed by atoms with Gasteiger partial charge >= 0.3 is 6.03 Å². The van der Waals surface area contributed by atoms with Crippen LogP contribution in [0, 0.1) is 11.8 Å². The van der Waals surface area contributed by atoms with E-state index in [9.17, 15) is 4.79 Å². The minimum absolute atomic E-state index is 0.128. The quantitative estimate of drug-likeness (QED) is 0.691. The van der Waals surface area contributed by atoms with Gasteiger partial charge < -0.3 is 9.80 Å². The summed E-state index contributed by atoms with van der Waals surface area (Å²) in [6.07, 6.45) is 5.63. The molecule has 0 aromatic rings. The second-order valence-corrected chi connectivity index (χ2v) is 8.80. The van der Waals surface area contributed by atoms with Crippen LogP contribution in [0.3, 0.4) is 0 Å². The predicted molar refractivity (Wildman–Crippen MR) is 91.3 cm³/mol. The molecule has 2 amide bonds. The zero-order chi connectivity index (χ0) is 16.0. The number of hydrogen-bond donors (Lipinski definition) is 0. The Morgan fingerprint density at radius 1 is 0.750 bits per heavy atom. The van der Waals surface area contributed by atoms with E-state index < -0.39 is 0 Å². The highest BCUT2D eigenvalue weighted by Gasteiger charge is 2.61. The molecule has 24 heavy (non-hydrogen) atoms. The SMILES string of the molecule is O=C1N2CN(CC3CC3)CN3C(=S)N4CN(CC5CC5)CN1C4C23. The van der Waals surface area contributed by atoms with Crippen LogP contribution in [-0.2, 0) is 0 Å². The van der Waals surface area contributed by atoms with Gasteiger partial charge in [-0.05, 0) is 49.7 Å². The first-order chi connectivity index (χ1) is 11.7. The Labute approximate surface area is 147 Å². The molecular formula is C16H24N6OS. The van der Waals surface area contributed by atoms with E-state index in [2.05, 4.69) is 29.4 Å². The molecule has 0 spiro atoms. The lowest BCUT2D eigenvalue weighted by Crippen LogP contribution is -2.61. The third-order valence-electron chi connectivity index (χ3n) is 6.36. The van der Waals surface area contributed by atoms with Crippen LogP contribution in [-0.4, -0.2) is 92.6 Å². The molecule has 4 heterocycles. The smallest absolute Gasteiger partial charge is 0.311 e. The van der Waals surface area contributed by atoms with E-state index in [0.29, 0.717) is 0 Å². The van der Waals surface area contributed by atoms with E-state index in [4.69, 9.17) is 12.2 Å². The third-order valence-corrected chi connectivity index (χ3v) is 6.83. The average Bonchev–Trinajstić information content (AvgIpc) is 3.49. The van der Waals surface area contributed by atoms with Crippen LogP contribution in [0.1, 0.15) is 25.7 Å². The van der Waals surface area contributed by atoms with E-state index >= 15 is 0 Å². The molecule has 0 aromatic carbocycles. The summed E-state index contributed by atoms with van der Waals surface area (Å²) in [5.41, 5.74) is 0. The van der Waals surface area contributed by atoms with Crippen molar-refractivity contribution in [3.8, 4) is 0 Å². The fourth-order valence-corrected chi connectivity index (χ4v) is 5.18. The Morgan fingerprint density at radius 3 is 1.58 bits per heavy atom. The highest BCUT2D eigenvalue weighted by atomic mass is 32.1. The van der Waals surface area contributed by atoms with Gasteiger partial charge in [-0.25, -0.2) is 4.79 Å². The molecule has 7 nitrogen and oxygen atoms in total. The molecule has 0 radical (unpaired) electrons. The van der Waals surface area contributed by atoms with Gasteiger partial charge in [0.1, 0.15) is 12.3 Å². The number of rotatable bonds is 4. The molecule has 4 saturated heterocycles. The molecule has 6 fully saturated rings. The van der Waals surface area contributed by atoms with E-state index in [1.807, 2.05) is 0 Å². The maximum atomic E-state index is 13.0. The van der Waals surface area contributed by atoms with Crippen molar-refractivity contribution >= 4 is 23.4 Å². The Morgan fingerprint density at radius 2 is 1.17 bits per heavy atom. The topological polar surface area (TPSA) is 36.5 Å². The number of amides is 2. The lowest BCUT2D eigenvalue weighted by atomic mass is 10.3. The Bertz CT molecular complexity index is 523. The summed E-state index contributed by atoms with van der Waals surface area (Å²) in [7, 11) is 0. The van der Waals surface area contributed by atoms with Crippen LogP contribution in [0.4, 0.5) is 4.79 Å². The zero-order valence-electron chi connectivity index (χ0n) is 13.9. The van der Waals surface area contributed by atoms with Gasteiger partial charge in [0, 0.05) is 13.1 Å². The van der Waals surface area contributed by atoms with Gasteiger partial charge in [0.05, 0.1) is 26.7 Å². The van der Waals surface area contributed by atoms with Gasteiger partial charge in [0.25, 0.3) is 0 Å². The molecule has 8 heteroatoms. The molecule has 6 rings (SSSR count). The molecule has 4 aliphatic heterocycles. The number of nitrogens with zero attached hydrogens (tertiary/aromatic N) is 6. The van der Waals surface area contributed by atoms with E-state index in [0.717, 1.165) is 56.7 Å². The van der Waals surface area contributed by atoms with Crippen molar-refractivity contribution in [2.24, 2.45) is 11.8 Å². The molecule has 130 valence electrons. The van der Waals surface area contributed by atoms with Crippen molar-refractivity contribution in [3.63, 3.8) is 0 Å². The van der Waals surface area contributed by atoms with Gasteiger partial charge in [-0.1, -0.05) is 0 Å². The molecule has 6 aliphatic rings. The van der Waals surface area contributed by atoms with Crippen molar-refractivity contribution in [2.75, 3.05) is 39.8 Å². The van der Waals surface area contributed by atoms with Gasteiger partial charge in [0.2, 0.25) is 0 Å². The highest BCUT2D eigenvalue weighted by molar-refractivity contribution is 7.80. The maximum Gasteiger partial charge on any atom is 0.325 e. The molecule has 2 atom stereocenters. The van der Waals surface area contributed by atoms with Gasteiger partial charge in [0.15, 0.2) is 5.11 Å². The number of carbonyl (C=O) groups is 1. The average molecular weight is 348 g/mol. The van der Waals surface area contributed by atoms with E-state index in [-0.39, 0.29) is 18.4 Å². The lowest BCUT2D eigenvalue weighted by molar-refractivity contribution is -0.0256. The number of hydrogen-bond acceptors (Lipinski definition) is 4. The normalized spacial score (nSPS) is 36.2. The maximum absolute atomic E-state index is 13.0. The van der Waals surface area contributed by atoms with Crippen molar-refractivity contribution < 1.29 is 4.79 Å². The summed E-state index contributed by atoms with van der Waals surface area (Å²) in [6, 6.07) is 0.198. The van der Waals surface area contributed by atoms with Crippen LogP contribution in [0.2, 0.25) is 0 Å². The second-order valence-electron chi connectivity index (χ2n) is 8.43. The first-order valence-electron chi connectivity index (χ1n) is 9.28. The second kappa shape index (κ2) is 4.74. The van der Waals surface area contributed by atoms with Crippen LogP contribution in [0.25, 0.3) is 0 Å². The van der Waals surface area contributed by atoms with Crippen LogP contribution in [0.15, 0.2) is 0 Å². The summed E-state index contributed by atoms with van der Waals surface area (Å²) in [5, 5.41) is 0.938. The number of carbonyl (C=O) groups excluding carboxylic acids is 1. The van der Waals surface area contributed by atoms with Crippen molar-refractivity contribution in [1.82, 2.24) is 29.4 Å². The minimum Gasteiger partial charge on any atom is -0.311 e. The van der Waals surface area contributed by atoms with Gasteiger partial charge in [-0.15, -0.1) is 0 Å². The van der Waals surface area contributed by atoms with E-state index in [1.165, 1.54) is 25.7 Å². The summed E-state index contributed by atoms with van der Waals surface area (Å²) in [4.78, 5) is 26.6. The molecule has 2 unspecified atom stereocenters. The standard InChI is InChI=1S/C16H24N6OS/c23-15-19-7-17(5-11-1-2-11)9-21-13(19)14-20(15)8-18(6-12-3-4-12)10-22(14)16(21)24/h11-14H,1-10H2. The Hall–Kier alpha value is -1.12. The molecule has 0 aromatic heterocycles. The zero-order valence-corrected chi connectivity index (χ0v) is 14.7. The van der Waals surface area contributed by atoms with Crippen molar-refractivity contribution in [3.05, 3.63) is 0 Å². The van der Waals surface area contributed by atoms with Gasteiger partial charge in [-0.3, -0.25) is 19.6 Å². The molecule has 0 N–H and O–H groups in total. The Kier molecular flexibility index (Phi) is 2.78. The highest BCUT2D eigenvalue weighted by Crippen LogP contribution is 2.41. The first kappa shape index (κ1) is 14.1. The fourth-order valence-electron chi connectivity index (χ4n) is 4.85. The monoisotopic (exact) mass is 348 g/mol. The molecule has 0 bridgehead atoms. The van der Waals surface area contributed by atoms with Crippen molar-refractivity contribution in [1.29, 1.82) is 0 Å². The summed E-state index contributed by atoms with van der Waals surface area (Å²) in [6.45, 7) is 5.51. The molecule has 2 aliphatic carbocycles. The van der Waals surface area contributed by atoms with Crippen molar-refractivity contribution in [2.45, 2.75) is 38.0 Å².